The average molecular weight is 375 g/mol. The topological polar surface area (TPSA) is 53.7 Å². The van der Waals surface area contributed by atoms with Crippen molar-refractivity contribution in [3.8, 4) is 11.1 Å². The zero-order valence-corrected chi connectivity index (χ0v) is 15.9. The molecule has 3 saturated heterocycles. The maximum absolute atomic E-state index is 13.0. The molecule has 1 atom stereocenters. The Kier molecular flexibility index (Phi) is 4.53. The number of benzene rings is 2. The molecule has 28 heavy (non-hydrogen) atoms. The highest BCUT2D eigenvalue weighted by molar-refractivity contribution is 6.01. The molecular weight excluding hydrogens is 350 g/mol. The first kappa shape index (κ1) is 17.7. The Morgan fingerprint density at radius 2 is 1.86 bits per heavy atom. The van der Waals surface area contributed by atoms with Crippen molar-refractivity contribution in [1.82, 2.24) is 4.90 Å². The van der Waals surface area contributed by atoms with Crippen LogP contribution in [0.3, 0.4) is 0 Å². The van der Waals surface area contributed by atoms with Gasteiger partial charge < -0.3 is 14.4 Å². The lowest BCUT2D eigenvalue weighted by atomic mass is 9.76. The predicted octanol–water partition coefficient (Wildman–Crippen LogP) is 4.51. The maximum atomic E-state index is 13.0. The van der Waals surface area contributed by atoms with Crippen molar-refractivity contribution < 1.29 is 14.3 Å². The van der Waals surface area contributed by atoms with Gasteiger partial charge in [-0.1, -0.05) is 42.5 Å². The predicted molar refractivity (Wildman–Crippen MR) is 109 cm³/mol. The zero-order valence-electron chi connectivity index (χ0n) is 15.9. The Morgan fingerprint density at radius 1 is 1.07 bits per heavy atom. The summed E-state index contributed by atoms with van der Waals surface area (Å²) < 4.78 is 6.09. The first-order valence-corrected chi connectivity index (χ1v) is 10.2. The number of rotatable bonds is 5. The number of carbonyl (C=O) groups is 1. The molecule has 1 N–H and O–H groups in total. The van der Waals surface area contributed by atoms with Crippen LogP contribution >= 0.6 is 0 Å². The number of nitrogens with zero attached hydrogens (tertiary/aromatic N) is 1. The normalized spacial score (nSPS) is 24.0. The van der Waals surface area contributed by atoms with Crippen LogP contribution in [0, 0.1) is 11.8 Å². The van der Waals surface area contributed by atoms with E-state index in [2.05, 4.69) is 4.90 Å². The summed E-state index contributed by atoms with van der Waals surface area (Å²) in [4.78, 5) is 15.5. The summed E-state index contributed by atoms with van der Waals surface area (Å²) in [5, 5.41) is 10.6. The summed E-state index contributed by atoms with van der Waals surface area (Å²) >= 11 is 0. The highest BCUT2D eigenvalue weighted by Gasteiger charge is 2.35. The Hall–Kier alpha value is -2.43. The van der Waals surface area contributed by atoms with Crippen LogP contribution in [0.5, 0.6) is 0 Å². The molecule has 4 heteroatoms. The van der Waals surface area contributed by atoms with Gasteiger partial charge in [0.2, 0.25) is 0 Å². The number of para-hydroxylation sites is 1. The summed E-state index contributed by atoms with van der Waals surface area (Å²) in [5.74, 6) is 1.71. The first-order valence-electron chi connectivity index (χ1n) is 10.2. The van der Waals surface area contributed by atoms with Crippen LogP contribution in [0.4, 0.5) is 0 Å². The number of furan rings is 1. The molecule has 3 aliphatic heterocycles. The largest absolute Gasteiger partial charge is 0.452 e. The monoisotopic (exact) mass is 375 g/mol. The van der Waals surface area contributed by atoms with Gasteiger partial charge in [-0.05, 0) is 55.0 Å². The third-order valence-electron chi connectivity index (χ3n) is 6.54. The number of aliphatic hydroxyl groups is 1. The van der Waals surface area contributed by atoms with E-state index in [1.807, 2.05) is 48.5 Å². The van der Waals surface area contributed by atoms with Crippen LogP contribution in [0.15, 0.2) is 52.9 Å². The Labute approximate surface area is 164 Å². The molecule has 3 aromatic rings. The Morgan fingerprint density at radius 3 is 2.61 bits per heavy atom. The highest BCUT2D eigenvalue weighted by Crippen LogP contribution is 2.37. The van der Waals surface area contributed by atoms with Crippen LogP contribution in [0.2, 0.25) is 0 Å². The molecule has 4 nitrogen and oxygen atoms in total. The quantitative estimate of drug-likeness (QED) is 0.667. The third kappa shape index (κ3) is 3.07. The molecule has 0 amide bonds. The van der Waals surface area contributed by atoms with E-state index in [-0.39, 0.29) is 12.4 Å². The number of piperidine rings is 3. The van der Waals surface area contributed by atoms with E-state index in [1.165, 1.54) is 25.9 Å². The fourth-order valence-electron chi connectivity index (χ4n) is 4.99. The smallest absolute Gasteiger partial charge is 0.198 e. The minimum atomic E-state index is -0.0291. The highest BCUT2D eigenvalue weighted by atomic mass is 16.3. The van der Waals surface area contributed by atoms with Crippen LogP contribution in [0.1, 0.15) is 35.4 Å². The van der Waals surface area contributed by atoms with Crippen molar-refractivity contribution >= 4 is 16.8 Å². The number of fused-ring (bicyclic) bond motifs is 4. The van der Waals surface area contributed by atoms with Gasteiger partial charge in [-0.2, -0.15) is 0 Å². The fourth-order valence-corrected chi connectivity index (χ4v) is 4.99. The molecule has 0 spiro atoms. The summed E-state index contributed by atoms with van der Waals surface area (Å²) in [5.41, 5.74) is 3.44. The number of aliphatic hydroxyl groups excluding tert-OH is 1. The molecule has 1 aromatic heterocycles. The van der Waals surface area contributed by atoms with Gasteiger partial charge in [0.15, 0.2) is 11.5 Å². The lowest BCUT2D eigenvalue weighted by molar-refractivity contribution is 0.0433. The first-order chi connectivity index (χ1) is 13.7. The molecule has 0 unspecified atom stereocenters. The van der Waals surface area contributed by atoms with E-state index in [0.717, 1.165) is 34.2 Å². The van der Waals surface area contributed by atoms with E-state index in [9.17, 15) is 9.90 Å². The van der Waals surface area contributed by atoms with Gasteiger partial charge in [-0.3, -0.25) is 4.79 Å². The van der Waals surface area contributed by atoms with E-state index >= 15 is 0 Å². The van der Waals surface area contributed by atoms with E-state index in [1.54, 1.807) is 0 Å². The minimum Gasteiger partial charge on any atom is -0.452 e. The number of Topliss-reactive ketones (excluding diaryl/α,β-unsaturated/α-hetero) is 1. The van der Waals surface area contributed by atoms with Crippen molar-refractivity contribution in [2.75, 3.05) is 19.6 Å². The van der Waals surface area contributed by atoms with Gasteiger partial charge >= 0.3 is 0 Å². The van der Waals surface area contributed by atoms with Crippen molar-refractivity contribution in [2.45, 2.75) is 25.9 Å². The molecule has 0 aliphatic carbocycles. The molecule has 144 valence electrons. The molecule has 0 saturated carbocycles. The molecule has 3 fully saturated rings. The van der Waals surface area contributed by atoms with Gasteiger partial charge in [0, 0.05) is 23.9 Å². The SMILES string of the molecule is O=C(C[C@H]1CN2CCC1CC2)c1cc2cccc(-c3ccccc3CO)c2o1. The minimum absolute atomic E-state index is 0.0291. The number of ketones is 1. The summed E-state index contributed by atoms with van der Waals surface area (Å²) in [6, 6.07) is 15.6. The molecule has 6 rings (SSSR count). The molecule has 3 aliphatic rings. The third-order valence-corrected chi connectivity index (χ3v) is 6.54. The molecule has 2 aromatic carbocycles. The molecular formula is C24H25NO3. The molecule has 4 heterocycles. The summed E-state index contributed by atoms with van der Waals surface area (Å²) in [7, 11) is 0. The number of hydrogen-bond donors (Lipinski definition) is 1. The van der Waals surface area contributed by atoms with Crippen molar-refractivity contribution in [1.29, 1.82) is 0 Å². The van der Waals surface area contributed by atoms with Gasteiger partial charge in [-0.15, -0.1) is 0 Å². The summed E-state index contributed by atoms with van der Waals surface area (Å²) in [6.07, 6.45) is 3.02. The van der Waals surface area contributed by atoms with Gasteiger partial charge in [-0.25, -0.2) is 0 Å². The molecule has 0 radical (unpaired) electrons. The molecule has 2 bridgehead atoms. The van der Waals surface area contributed by atoms with Gasteiger partial charge in [0.25, 0.3) is 0 Å². The van der Waals surface area contributed by atoms with Gasteiger partial charge in [0.1, 0.15) is 5.58 Å². The van der Waals surface area contributed by atoms with Crippen molar-refractivity contribution in [2.24, 2.45) is 11.8 Å². The standard InChI is InChI=1S/C24H25NO3/c26-15-18-4-1-2-6-20(18)21-7-3-5-17-13-23(28-24(17)21)22(27)12-19-14-25-10-8-16(19)9-11-25/h1-7,13,16,19,26H,8-12,14-15H2/t19-/m0/s1. The summed E-state index contributed by atoms with van der Waals surface area (Å²) in [6.45, 7) is 3.39. The van der Waals surface area contributed by atoms with Crippen LogP contribution in [-0.2, 0) is 6.61 Å². The van der Waals surface area contributed by atoms with Crippen LogP contribution in [-0.4, -0.2) is 35.4 Å². The number of hydrogen-bond acceptors (Lipinski definition) is 4. The van der Waals surface area contributed by atoms with Crippen molar-refractivity contribution in [3.63, 3.8) is 0 Å². The zero-order chi connectivity index (χ0) is 19.1. The van der Waals surface area contributed by atoms with Crippen molar-refractivity contribution in [3.05, 3.63) is 59.9 Å². The van der Waals surface area contributed by atoms with Crippen LogP contribution < -0.4 is 0 Å². The van der Waals surface area contributed by atoms with E-state index in [0.29, 0.717) is 24.0 Å². The van der Waals surface area contributed by atoms with Crippen LogP contribution in [0.25, 0.3) is 22.1 Å². The lowest BCUT2D eigenvalue weighted by Crippen LogP contribution is -2.47. The Balaban J connectivity index is 1.46. The van der Waals surface area contributed by atoms with E-state index in [4.69, 9.17) is 4.42 Å². The van der Waals surface area contributed by atoms with Gasteiger partial charge in [0.05, 0.1) is 6.61 Å². The second-order valence-corrected chi connectivity index (χ2v) is 8.18. The Bertz CT molecular complexity index is 1010. The second kappa shape index (κ2) is 7.19. The lowest BCUT2D eigenvalue weighted by Gasteiger charge is -2.44. The fraction of sp³-hybridized carbons (Fsp3) is 0.375. The van der Waals surface area contributed by atoms with E-state index < -0.39 is 0 Å². The average Bonchev–Trinajstić information content (AvgIpc) is 3.19. The second-order valence-electron chi connectivity index (χ2n) is 8.18. The number of carbonyl (C=O) groups excluding carboxylic acids is 1. The maximum Gasteiger partial charge on any atom is 0.198 e.